The average Bonchev–Trinajstić information content (AvgIpc) is 2.47. The van der Waals surface area contributed by atoms with Crippen molar-refractivity contribution in [1.82, 2.24) is 15.1 Å². The monoisotopic (exact) mass is 398 g/mol. The fraction of sp³-hybridized carbons (Fsp3) is 0.765. The van der Waals surface area contributed by atoms with Gasteiger partial charge in [-0.1, -0.05) is 15.9 Å². The van der Waals surface area contributed by atoms with E-state index in [4.69, 9.17) is 4.74 Å². The molecule has 3 aliphatic heterocycles. The summed E-state index contributed by atoms with van der Waals surface area (Å²) in [6.07, 6.45) is 3.92. The summed E-state index contributed by atoms with van der Waals surface area (Å²) in [5.41, 5.74) is -0.0409. The Kier molecular flexibility index (Phi) is 4.93. The third-order valence-electron chi connectivity index (χ3n) is 4.78. The fourth-order valence-corrected chi connectivity index (χ4v) is 3.79. The van der Waals surface area contributed by atoms with Crippen molar-refractivity contribution in [3.05, 3.63) is 10.7 Å². The molecule has 1 N–H and O–H groups in total. The van der Waals surface area contributed by atoms with Crippen LogP contribution in [0.15, 0.2) is 15.7 Å². The maximum absolute atomic E-state index is 12.1. The molecule has 6 nitrogen and oxygen atoms in total. The smallest absolute Gasteiger partial charge is 0.410 e. The van der Waals surface area contributed by atoms with Crippen LogP contribution >= 0.6 is 15.9 Å². The number of aliphatic imine (C=N–C) groups is 1. The summed E-state index contributed by atoms with van der Waals surface area (Å²) in [5, 5.41) is 3.23. The van der Waals surface area contributed by atoms with Crippen molar-refractivity contribution in [2.24, 2.45) is 10.4 Å². The van der Waals surface area contributed by atoms with Crippen molar-refractivity contribution in [3.63, 3.8) is 0 Å². The van der Waals surface area contributed by atoms with E-state index in [1.807, 2.05) is 31.9 Å². The fourth-order valence-electron chi connectivity index (χ4n) is 3.55. The maximum atomic E-state index is 12.1. The van der Waals surface area contributed by atoms with Crippen molar-refractivity contribution >= 4 is 27.9 Å². The molecule has 0 aromatic carbocycles. The second-order valence-electron chi connectivity index (χ2n) is 8.11. The molecule has 24 heavy (non-hydrogen) atoms. The predicted molar refractivity (Wildman–Crippen MR) is 98.4 cm³/mol. The summed E-state index contributed by atoms with van der Waals surface area (Å²) in [6, 6.07) is 0. The van der Waals surface area contributed by atoms with E-state index in [0.29, 0.717) is 5.41 Å². The third kappa shape index (κ3) is 4.30. The van der Waals surface area contributed by atoms with E-state index in [2.05, 4.69) is 31.1 Å². The molecule has 0 unspecified atom stereocenters. The summed E-state index contributed by atoms with van der Waals surface area (Å²) in [7, 11) is 0. The molecule has 0 atom stereocenters. The summed E-state index contributed by atoms with van der Waals surface area (Å²) < 4.78 is 6.55. The second kappa shape index (κ2) is 6.67. The molecule has 7 heteroatoms. The minimum absolute atomic E-state index is 0.174. The predicted octanol–water partition coefficient (Wildman–Crippen LogP) is 2.56. The maximum Gasteiger partial charge on any atom is 0.410 e. The molecule has 3 rings (SSSR count). The van der Waals surface area contributed by atoms with Gasteiger partial charge in [0.05, 0.1) is 13.1 Å². The number of piperidine rings is 1. The number of ether oxygens (including phenoxy) is 1. The van der Waals surface area contributed by atoms with Gasteiger partial charge in [-0.25, -0.2) is 4.79 Å². The largest absolute Gasteiger partial charge is 0.444 e. The van der Waals surface area contributed by atoms with Crippen molar-refractivity contribution in [1.29, 1.82) is 0 Å². The lowest BCUT2D eigenvalue weighted by atomic mass is 9.72. The van der Waals surface area contributed by atoms with Gasteiger partial charge in [0.15, 0.2) is 0 Å². The number of hydrogen-bond acceptors (Lipinski definition) is 5. The zero-order chi connectivity index (χ0) is 17.4. The van der Waals surface area contributed by atoms with Crippen LogP contribution in [0.5, 0.6) is 0 Å². The van der Waals surface area contributed by atoms with Gasteiger partial charge in [0.1, 0.15) is 11.4 Å². The van der Waals surface area contributed by atoms with Gasteiger partial charge in [-0.3, -0.25) is 9.89 Å². The molecule has 2 saturated heterocycles. The number of carbonyl (C=O) groups is 1. The van der Waals surface area contributed by atoms with Crippen molar-refractivity contribution < 1.29 is 9.53 Å². The molecule has 1 amide bonds. The molecular formula is C17H27BrN4O2. The van der Waals surface area contributed by atoms with Gasteiger partial charge >= 0.3 is 6.09 Å². The van der Waals surface area contributed by atoms with E-state index in [0.717, 1.165) is 62.4 Å². The topological polar surface area (TPSA) is 57.2 Å². The minimum Gasteiger partial charge on any atom is -0.444 e. The number of nitrogens with one attached hydrogen (secondary N) is 1. The van der Waals surface area contributed by atoms with Gasteiger partial charge in [-0.2, -0.15) is 0 Å². The van der Waals surface area contributed by atoms with Crippen molar-refractivity contribution in [3.8, 4) is 0 Å². The molecule has 1 spiro atoms. The van der Waals surface area contributed by atoms with Crippen molar-refractivity contribution in [2.75, 3.05) is 39.3 Å². The lowest BCUT2D eigenvalue weighted by molar-refractivity contribution is -0.0444. The van der Waals surface area contributed by atoms with E-state index in [1.165, 1.54) is 0 Å². The molecule has 0 saturated carbocycles. The number of rotatable bonds is 2. The first-order valence-corrected chi connectivity index (χ1v) is 9.39. The molecule has 0 aromatic heterocycles. The third-order valence-corrected chi connectivity index (χ3v) is 5.26. The Balaban J connectivity index is 1.41. The molecule has 0 aliphatic carbocycles. The zero-order valence-corrected chi connectivity index (χ0v) is 16.4. The van der Waals surface area contributed by atoms with E-state index < -0.39 is 5.60 Å². The van der Waals surface area contributed by atoms with Gasteiger partial charge in [-0.05, 0) is 39.0 Å². The number of hydrogen-bond donors (Lipinski definition) is 1. The van der Waals surface area contributed by atoms with Crippen LogP contribution < -0.4 is 5.32 Å². The number of amidine groups is 1. The van der Waals surface area contributed by atoms with E-state index in [9.17, 15) is 4.79 Å². The first-order chi connectivity index (χ1) is 11.2. The Morgan fingerprint density at radius 1 is 1.38 bits per heavy atom. The van der Waals surface area contributed by atoms with Gasteiger partial charge in [0, 0.05) is 36.9 Å². The molecule has 0 radical (unpaired) electrons. The Hall–Kier alpha value is -1.08. The number of halogens is 1. The van der Waals surface area contributed by atoms with E-state index >= 15 is 0 Å². The lowest BCUT2D eigenvalue weighted by Crippen LogP contribution is -2.62. The highest BCUT2D eigenvalue weighted by Crippen LogP contribution is 2.40. The van der Waals surface area contributed by atoms with E-state index in [1.54, 1.807) is 0 Å². The summed E-state index contributed by atoms with van der Waals surface area (Å²) in [4.78, 5) is 20.9. The number of amides is 1. The van der Waals surface area contributed by atoms with Gasteiger partial charge in [0.2, 0.25) is 0 Å². The molecule has 3 heterocycles. The van der Waals surface area contributed by atoms with Crippen LogP contribution in [0.3, 0.4) is 0 Å². The highest BCUT2D eigenvalue weighted by atomic mass is 79.9. The highest BCUT2D eigenvalue weighted by Gasteiger charge is 2.45. The van der Waals surface area contributed by atoms with Crippen LogP contribution in [-0.2, 0) is 4.74 Å². The van der Waals surface area contributed by atoms with Crippen LogP contribution in [0.4, 0.5) is 4.79 Å². The SMILES string of the molecule is CC(C)(C)OC(=O)N1CCC2(CC1)CN(CC1=NCC(Br)=CN1)C2. The Labute approximate surface area is 152 Å². The Morgan fingerprint density at radius 2 is 2.04 bits per heavy atom. The molecule has 3 aliphatic rings. The molecule has 0 bridgehead atoms. The van der Waals surface area contributed by atoms with Crippen LogP contribution in [0.25, 0.3) is 0 Å². The Bertz CT molecular complexity index is 551. The second-order valence-corrected chi connectivity index (χ2v) is 9.13. The first kappa shape index (κ1) is 17.7. The summed E-state index contributed by atoms with van der Waals surface area (Å²) in [6.45, 7) is 11.2. The quantitative estimate of drug-likeness (QED) is 0.776. The number of carbonyl (C=O) groups excluding carboxylic acids is 1. The average molecular weight is 399 g/mol. The normalized spacial score (nSPS) is 23.9. The highest BCUT2D eigenvalue weighted by molar-refractivity contribution is 9.11. The van der Waals surface area contributed by atoms with Crippen LogP contribution in [0, 0.1) is 5.41 Å². The molecule has 2 fully saturated rings. The van der Waals surface area contributed by atoms with Crippen LogP contribution in [-0.4, -0.2) is 66.6 Å². The Morgan fingerprint density at radius 3 is 2.58 bits per heavy atom. The molecule has 134 valence electrons. The summed E-state index contributed by atoms with van der Waals surface area (Å²) in [5.74, 6) is 1.04. The first-order valence-electron chi connectivity index (χ1n) is 8.59. The summed E-state index contributed by atoms with van der Waals surface area (Å²) >= 11 is 3.44. The number of nitrogens with zero attached hydrogens (tertiary/aromatic N) is 3. The minimum atomic E-state index is -0.420. The molecule has 0 aromatic rings. The molecular weight excluding hydrogens is 372 g/mol. The van der Waals surface area contributed by atoms with Gasteiger partial charge < -0.3 is 15.0 Å². The van der Waals surface area contributed by atoms with Crippen LogP contribution in [0.1, 0.15) is 33.6 Å². The number of likely N-dealkylation sites (tertiary alicyclic amines) is 2. The lowest BCUT2D eigenvalue weighted by Gasteiger charge is -2.54. The van der Waals surface area contributed by atoms with E-state index in [-0.39, 0.29) is 6.09 Å². The van der Waals surface area contributed by atoms with Gasteiger partial charge in [-0.15, -0.1) is 0 Å². The van der Waals surface area contributed by atoms with Gasteiger partial charge in [0.25, 0.3) is 0 Å². The zero-order valence-electron chi connectivity index (χ0n) is 14.8. The van der Waals surface area contributed by atoms with Crippen LogP contribution in [0.2, 0.25) is 0 Å². The standard InChI is InChI=1S/C17H27BrN4O2/c1-16(2,3)24-15(23)22-6-4-17(5-7-22)11-21(12-17)10-14-19-8-13(18)9-20-14/h8H,4-7,9-12H2,1-3H3,(H,19,20). The van der Waals surface area contributed by atoms with Crippen molar-refractivity contribution in [2.45, 2.75) is 39.2 Å².